The molecule has 0 aliphatic heterocycles. The van der Waals surface area contributed by atoms with E-state index in [-0.39, 0.29) is 16.7 Å². The van der Waals surface area contributed by atoms with Crippen molar-refractivity contribution < 1.29 is 9.90 Å². The first-order chi connectivity index (χ1) is 12.3. The summed E-state index contributed by atoms with van der Waals surface area (Å²) < 4.78 is 2.26. The second kappa shape index (κ2) is 6.15. The van der Waals surface area contributed by atoms with Gasteiger partial charge in [0.05, 0.1) is 5.56 Å². The number of phenols is 1. The van der Waals surface area contributed by atoms with E-state index in [1.54, 1.807) is 0 Å². The Balaban J connectivity index is 2.32. The molecule has 4 heteroatoms. The lowest BCUT2D eigenvalue weighted by atomic mass is 9.78. The number of phenolic OH excluding ortho intramolecular Hbond substituents is 1. The molecule has 1 aliphatic carbocycles. The molecular formula is C23H32N2O2. The summed E-state index contributed by atoms with van der Waals surface area (Å²) in [6.45, 7) is 14.6. The van der Waals surface area contributed by atoms with E-state index in [9.17, 15) is 9.90 Å². The van der Waals surface area contributed by atoms with E-state index in [1.165, 1.54) is 0 Å². The standard InChI is InChI=1S/C23H32N2O2/c1-13-16(21(24)27)12-19(25(13)15-8-9-15)14-10-17(22(2,3)4)20(26)18(11-14)23(5,6)7/h10-12,15,26H,8-9H2,1-7H3,(H2,24,27). The van der Waals surface area contributed by atoms with Crippen LogP contribution in [-0.2, 0) is 10.8 Å². The number of carbonyl (C=O) groups is 1. The monoisotopic (exact) mass is 368 g/mol. The van der Waals surface area contributed by atoms with Crippen LogP contribution in [0, 0.1) is 6.92 Å². The largest absolute Gasteiger partial charge is 0.507 e. The van der Waals surface area contributed by atoms with Crippen LogP contribution >= 0.6 is 0 Å². The molecule has 0 spiro atoms. The SMILES string of the molecule is Cc1c(C(N)=O)cc(-c2cc(C(C)(C)C)c(O)c(C(C)(C)C)c2)n1C1CC1. The molecule has 1 aromatic heterocycles. The van der Waals surface area contributed by atoms with Crippen LogP contribution in [-0.4, -0.2) is 15.6 Å². The second-order valence-corrected chi connectivity index (χ2v) is 9.91. The van der Waals surface area contributed by atoms with Gasteiger partial charge in [0.15, 0.2) is 0 Å². The molecule has 0 atom stereocenters. The Bertz CT molecular complexity index is 869. The predicted octanol–water partition coefficient (Wildman–Crippen LogP) is 5.20. The van der Waals surface area contributed by atoms with Crippen molar-refractivity contribution >= 4 is 5.91 Å². The zero-order valence-corrected chi connectivity index (χ0v) is 17.6. The van der Waals surface area contributed by atoms with Crippen molar-refractivity contribution in [1.82, 2.24) is 4.57 Å². The smallest absolute Gasteiger partial charge is 0.250 e. The molecule has 1 aromatic carbocycles. The summed E-state index contributed by atoms with van der Waals surface area (Å²) in [6, 6.07) is 6.49. The van der Waals surface area contributed by atoms with Gasteiger partial charge in [-0.1, -0.05) is 41.5 Å². The van der Waals surface area contributed by atoms with Crippen LogP contribution in [0.4, 0.5) is 0 Å². The molecule has 3 rings (SSSR count). The summed E-state index contributed by atoms with van der Waals surface area (Å²) in [5.74, 6) is -0.0193. The number of benzene rings is 1. The predicted molar refractivity (Wildman–Crippen MR) is 110 cm³/mol. The van der Waals surface area contributed by atoms with Gasteiger partial charge in [-0.15, -0.1) is 0 Å². The van der Waals surface area contributed by atoms with Crippen molar-refractivity contribution in [2.24, 2.45) is 5.73 Å². The number of nitrogens with zero attached hydrogens (tertiary/aromatic N) is 1. The van der Waals surface area contributed by atoms with Gasteiger partial charge in [-0.05, 0) is 54.4 Å². The minimum Gasteiger partial charge on any atom is -0.507 e. The van der Waals surface area contributed by atoms with Gasteiger partial charge in [0.1, 0.15) is 5.75 Å². The van der Waals surface area contributed by atoms with E-state index in [0.717, 1.165) is 40.9 Å². The summed E-state index contributed by atoms with van der Waals surface area (Å²) in [5.41, 5.74) is 10.6. The highest BCUT2D eigenvalue weighted by molar-refractivity contribution is 5.95. The molecule has 1 saturated carbocycles. The van der Waals surface area contributed by atoms with Crippen molar-refractivity contribution in [3.8, 4) is 17.0 Å². The third kappa shape index (κ3) is 3.50. The fourth-order valence-corrected chi connectivity index (χ4v) is 3.82. The van der Waals surface area contributed by atoms with Gasteiger partial charge in [0.2, 0.25) is 0 Å². The summed E-state index contributed by atoms with van der Waals surface area (Å²) in [7, 11) is 0. The average Bonchev–Trinajstić information content (AvgIpc) is 3.28. The van der Waals surface area contributed by atoms with E-state index >= 15 is 0 Å². The number of primary amides is 1. The molecule has 2 aromatic rings. The summed E-state index contributed by atoms with van der Waals surface area (Å²) in [5, 5.41) is 11.0. The number of carbonyl (C=O) groups excluding carboxylic acids is 1. The van der Waals surface area contributed by atoms with E-state index in [2.05, 4.69) is 58.2 Å². The highest BCUT2D eigenvalue weighted by atomic mass is 16.3. The number of amides is 1. The van der Waals surface area contributed by atoms with Crippen LogP contribution in [0.15, 0.2) is 18.2 Å². The zero-order chi connectivity index (χ0) is 20.3. The van der Waals surface area contributed by atoms with Crippen molar-refractivity contribution in [1.29, 1.82) is 0 Å². The van der Waals surface area contributed by atoms with Crippen molar-refractivity contribution in [2.45, 2.75) is 78.2 Å². The maximum absolute atomic E-state index is 11.9. The zero-order valence-electron chi connectivity index (χ0n) is 17.6. The van der Waals surface area contributed by atoms with Gasteiger partial charge in [-0.3, -0.25) is 4.79 Å². The number of aromatic nitrogens is 1. The molecule has 1 amide bonds. The maximum Gasteiger partial charge on any atom is 0.250 e. The normalized spacial score (nSPS) is 15.2. The fourth-order valence-electron chi connectivity index (χ4n) is 3.82. The number of rotatable bonds is 3. The van der Waals surface area contributed by atoms with Gasteiger partial charge >= 0.3 is 0 Å². The van der Waals surface area contributed by atoms with E-state index in [0.29, 0.717) is 17.4 Å². The lowest BCUT2D eigenvalue weighted by Gasteiger charge is -2.28. The third-order valence-electron chi connectivity index (χ3n) is 5.49. The topological polar surface area (TPSA) is 68.2 Å². The van der Waals surface area contributed by atoms with Gasteiger partial charge in [-0.2, -0.15) is 0 Å². The first-order valence-electron chi connectivity index (χ1n) is 9.72. The van der Waals surface area contributed by atoms with Crippen LogP contribution in [0.25, 0.3) is 11.3 Å². The Morgan fingerprint density at radius 1 is 1.04 bits per heavy atom. The Hall–Kier alpha value is -2.23. The summed E-state index contributed by atoms with van der Waals surface area (Å²) in [4.78, 5) is 11.9. The fraction of sp³-hybridized carbons (Fsp3) is 0.522. The highest BCUT2D eigenvalue weighted by Gasteiger charge is 2.32. The number of hydrogen-bond acceptors (Lipinski definition) is 2. The average molecular weight is 369 g/mol. The molecule has 0 saturated heterocycles. The molecule has 0 bridgehead atoms. The molecule has 27 heavy (non-hydrogen) atoms. The third-order valence-corrected chi connectivity index (χ3v) is 5.49. The van der Waals surface area contributed by atoms with Gasteiger partial charge in [-0.25, -0.2) is 0 Å². The van der Waals surface area contributed by atoms with Crippen LogP contribution in [0.1, 0.15) is 87.6 Å². The second-order valence-electron chi connectivity index (χ2n) is 9.91. The molecule has 1 fully saturated rings. The Morgan fingerprint density at radius 2 is 1.52 bits per heavy atom. The van der Waals surface area contributed by atoms with Crippen molar-refractivity contribution in [3.63, 3.8) is 0 Å². The quantitative estimate of drug-likeness (QED) is 0.782. The molecule has 3 N–H and O–H groups in total. The number of aromatic hydroxyl groups is 1. The Morgan fingerprint density at radius 3 is 1.89 bits per heavy atom. The minimum atomic E-state index is -0.390. The number of hydrogen-bond donors (Lipinski definition) is 2. The molecular weight excluding hydrogens is 336 g/mol. The first-order valence-corrected chi connectivity index (χ1v) is 9.72. The molecule has 0 radical (unpaired) electrons. The van der Waals surface area contributed by atoms with Crippen LogP contribution in [0.5, 0.6) is 5.75 Å². The van der Waals surface area contributed by atoms with Gasteiger partial charge < -0.3 is 15.4 Å². The molecule has 4 nitrogen and oxygen atoms in total. The van der Waals surface area contributed by atoms with Gasteiger partial charge in [0, 0.05) is 28.6 Å². The Labute approximate surface area is 162 Å². The van der Waals surface area contributed by atoms with E-state index in [4.69, 9.17) is 5.73 Å². The lowest BCUT2D eigenvalue weighted by Crippen LogP contribution is -2.17. The van der Waals surface area contributed by atoms with E-state index in [1.807, 2.05) is 13.0 Å². The summed E-state index contributed by atoms with van der Waals surface area (Å²) >= 11 is 0. The van der Waals surface area contributed by atoms with Crippen LogP contribution in [0.2, 0.25) is 0 Å². The molecule has 0 unspecified atom stereocenters. The molecule has 146 valence electrons. The van der Waals surface area contributed by atoms with Crippen molar-refractivity contribution in [2.75, 3.05) is 0 Å². The van der Waals surface area contributed by atoms with Crippen LogP contribution < -0.4 is 5.73 Å². The van der Waals surface area contributed by atoms with Crippen LogP contribution in [0.3, 0.4) is 0 Å². The highest BCUT2D eigenvalue weighted by Crippen LogP contribution is 2.45. The minimum absolute atomic E-state index is 0.196. The lowest BCUT2D eigenvalue weighted by molar-refractivity contribution is 0.0999. The maximum atomic E-state index is 11.9. The Kier molecular flexibility index (Phi) is 4.45. The van der Waals surface area contributed by atoms with Crippen molar-refractivity contribution in [3.05, 3.63) is 40.6 Å². The number of nitrogens with two attached hydrogens (primary N) is 1. The first kappa shape index (κ1) is 19.5. The molecule has 1 heterocycles. The summed E-state index contributed by atoms with van der Waals surface area (Å²) in [6.07, 6.45) is 2.24. The molecule has 1 aliphatic rings. The van der Waals surface area contributed by atoms with Gasteiger partial charge in [0.25, 0.3) is 5.91 Å². The van der Waals surface area contributed by atoms with E-state index < -0.39 is 0 Å².